The molecule has 1 saturated carbocycles. The van der Waals surface area contributed by atoms with Crippen molar-refractivity contribution in [3.8, 4) is 0 Å². The van der Waals surface area contributed by atoms with Gasteiger partial charge in [-0.05, 0) is 48.7 Å². The number of ketones is 1. The van der Waals surface area contributed by atoms with E-state index in [-0.39, 0.29) is 5.78 Å². The predicted molar refractivity (Wildman–Crippen MR) is 64.0 cm³/mol. The maximum atomic E-state index is 11.5. The van der Waals surface area contributed by atoms with Gasteiger partial charge in [0, 0.05) is 6.42 Å². The number of fused-ring (bicyclic) bond motifs is 1. The monoisotopic (exact) mass is 222 g/mol. The fourth-order valence-corrected chi connectivity index (χ4v) is 3.30. The zero-order valence-electron chi connectivity index (χ0n) is 10.5. The number of aliphatic hydroxyl groups is 1. The van der Waals surface area contributed by atoms with Crippen LogP contribution in [0.4, 0.5) is 0 Å². The summed E-state index contributed by atoms with van der Waals surface area (Å²) in [6.07, 6.45) is 5.06. The van der Waals surface area contributed by atoms with Crippen molar-refractivity contribution in [3.05, 3.63) is 11.6 Å². The highest BCUT2D eigenvalue weighted by atomic mass is 16.3. The van der Waals surface area contributed by atoms with Crippen LogP contribution in [0.5, 0.6) is 0 Å². The molecule has 0 saturated heterocycles. The Morgan fingerprint density at radius 1 is 1.44 bits per heavy atom. The van der Waals surface area contributed by atoms with Crippen molar-refractivity contribution >= 4 is 5.78 Å². The molecule has 90 valence electrons. The van der Waals surface area contributed by atoms with Crippen LogP contribution in [-0.2, 0) is 4.79 Å². The van der Waals surface area contributed by atoms with Gasteiger partial charge in [-0.2, -0.15) is 0 Å². The maximum Gasteiger partial charge on any atom is 0.155 e. The highest BCUT2D eigenvalue weighted by Gasteiger charge is 2.46. The van der Waals surface area contributed by atoms with Crippen LogP contribution >= 0.6 is 0 Å². The molecule has 2 nitrogen and oxygen atoms in total. The molecule has 0 amide bonds. The Labute approximate surface area is 97.7 Å². The molecule has 2 rings (SSSR count). The smallest absolute Gasteiger partial charge is 0.155 e. The summed E-state index contributed by atoms with van der Waals surface area (Å²) < 4.78 is 0. The predicted octanol–water partition coefficient (Wildman–Crippen LogP) is 2.71. The van der Waals surface area contributed by atoms with Crippen LogP contribution in [0, 0.1) is 17.8 Å². The van der Waals surface area contributed by atoms with Crippen molar-refractivity contribution in [2.24, 2.45) is 17.8 Å². The summed E-state index contributed by atoms with van der Waals surface area (Å²) in [7, 11) is 0. The third kappa shape index (κ3) is 1.73. The van der Waals surface area contributed by atoms with E-state index in [2.05, 4.69) is 20.8 Å². The first kappa shape index (κ1) is 11.8. The number of hydrogen-bond acceptors (Lipinski definition) is 2. The molecule has 0 aromatic rings. The van der Waals surface area contributed by atoms with E-state index in [0.29, 0.717) is 30.6 Å². The Balaban J connectivity index is 2.40. The van der Waals surface area contributed by atoms with Crippen molar-refractivity contribution in [1.29, 1.82) is 0 Å². The first-order valence-corrected chi connectivity index (χ1v) is 6.42. The van der Waals surface area contributed by atoms with E-state index < -0.39 is 5.60 Å². The molecule has 3 atom stereocenters. The van der Waals surface area contributed by atoms with Crippen LogP contribution in [0.25, 0.3) is 0 Å². The number of rotatable bonds is 1. The number of carbonyl (C=O) groups is 1. The summed E-state index contributed by atoms with van der Waals surface area (Å²) in [5.41, 5.74) is 0.332. The summed E-state index contributed by atoms with van der Waals surface area (Å²) in [6, 6.07) is 0. The first-order valence-electron chi connectivity index (χ1n) is 6.42. The van der Waals surface area contributed by atoms with Gasteiger partial charge >= 0.3 is 0 Å². The van der Waals surface area contributed by atoms with E-state index in [9.17, 15) is 9.90 Å². The molecule has 0 radical (unpaired) electrons. The fourth-order valence-electron chi connectivity index (χ4n) is 3.30. The average molecular weight is 222 g/mol. The van der Waals surface area contributed by atoms with E-state index in [1.54, 1.807) is 6.08 Å². The zero-order valence-corrected chi connectivity index (χ0v) is 10.5. The summed E-state index contributed by atoms with van der Waals surface area (Å²) in [5, 5.41) is 10.8. The Bertz CT molecular complexity index is 330. The lowest BCUT2D eigenvalue weighted by molar-refractivity contribution is -0.118. The van der Waals surface area contributed by atoms with Crippen molar-refractivity contribution in [3.63, 3.8) is 0 Å². The molecule has 0 aromatic heterocycles. The molecular weight excluding hydrogens is 200 g/mol. The molecule has 2 heteroatoms. The van der Waals surface area contributed by atoms with Gasteiger partial charge < -0.3 is 5.11 Å². The van der Waals surface area contributed by atoms with Crippen LogP contribution in [0.15, 0.2) is 11.6 Å². The Kier molecular flexibility index (Phi) is 2.95. The molecule has 0 heterocycles. The lowest BCUT2D eigenvalue weighted by Crippen LogP contribution is -2.48. The van der Waals surface area contributed by atoms with Gasteiger partial charge in [0.15, 0.2) is 5.78 Å². The maximum absolute atomic E-state index is 11.5. The molecule has 1 fully saturated rings. The normalized spacial score (nSPS) is 39.6. The minimum atomic E-state index is -0.693. The van der Waals surface area contributed by atoms with Gasteiger partial charge in [0.1, 0.15) is 0 Å². The van der Waals surface area contributed by atoms with Crippen molar-refractivity contribution in [2.45, 2.75) is 52.1 Å². The molecular formula is C14H22O2. The molecule has 0 aliphatic heterocycles. The van der Waals surface area contributed by atoms with E-state index in [1.165, 1.54) is 0 Å². The van der Waals surface area contributed by atoms with E-state index >= 15 is 0 Å². The minimum absolute atomic E-state index is 0.194. The molecule has 1 N–H and O–H groups in total. The quantitative estimate of drug-likeness (QED) is 0.740. The van der Waals surface area contributed by atoms with E-state index in [1.807, 2.05) is 0 Å². The highest BCUT2D eigenvalue weighted by molar-refractivity contribution is 5.92. The molecule has 2 aliphatic carbocycles. The Morgan fingerprint density at radius 2 is 2.12 bits per heavy atom. The lowest BCUT2D eigenvalue weighted by atomic mass is 9.61. The molecule has 2 aliphatic rings. The number of allylic oxidation sites excluding steroid dienone is 1. The summed E-state index contributed by atoms with van der Waals surface area (Å²) in [5.74, 6) is 1.39. The number of carbonyl (C=O) groups excluding carboxylic acids is 1. The Hall–Kier alpha value is -0.630. The molecule has 0 bridgehead atoms. The van der Waals surface area contributed by atoms with E-state index in [4.69, 9.17) is 0 Å². The van der Waals surface area contributed by atoms with E-state index in [0.717, 1.165) is 18.4 Å². The first-order chi connectivity index (χ1) is 7.45. The second-order valence-electron chi connectivity index (χ2n) is 5.82. The minimum Gasteiger partial charge on any atom is -0.385 e. The third-order valence-corrected chi connectivity index (χ3v) is 4.50. The van der Waals surface area contributed by atoms with Gasteiger partial charge in [0.2, 0.25) is 0 Å². The summed E-state index contributed by atoms with van der Waals surface area (Å²) in [6.45, 7) is 6.47. The zero-order chi connectivity index (χ0) is 11.9. The molecule has 3 unspecified atom stereocenters. The van der Waals surface area contributed by atoms with Gasteiger partial charge in [0.05, 0.1) is 5.60 Å². The van der Waals surface area contributed by atoms with Crippen molar-refractivity contribution < 1.29 is 9.90 Å². The average Bonchev–Trinajstić information content (AvgIpc) is 2.21. The molecule has 16 heavy (non-hydrogen) atoms. The second-order valence-corrected chi connectivity index (χ2v) is 5.82. The number of hydrogen-bond donors (Lipinski definition) is 1. The largest absolute Gasteiger partial charge is 0.385 e. The van der Waals surface area contributed by atoms with Crippen LogP contribution in [0.2, 0.25) is 0 Å². The standard InChI is InChI=1S/C14H22O2/c1-9(2)12-5-4-10(3)14(16)7-6-11(15)8-13(12)14/h8-10,12,16H,4-7H2,1-3H3. The highest BCUT2D eigenvalue weighted by Crippen LogP contribution is 2.48. The van der Waals surface area contributed by atoms with Crippen LogP contribution in [0.1, 0.15) is 46.5 Å². The Morgan fingerprint density at radius 3 is 2.75 bits per heavy atom. The summed E-state index contributed by atoms with van der Waals surface area (Å²) in [4.78, 5) is 11.5. The van der Waals surface area contributed by atoms with Crippen LogP contribution in [-0.4, -0.2) is 16.5 Å². The van der Waals surface area contributed by atoms with Crippen LogP contribution in [0.3, 0.4) is 0 Å². The lowest BCUT2D eigenvalue weighted by Gasteiger charge is -2.47. The van der Waals surface area contributed by atoms with Gasteiger partial charge in [-0.3, -0.25) is 4.79 Å². The van der Waals surface area contributed by atoms with Gasteiger partial charge in [0.25, 0.3) is 0 Å². The van der Waals surface area contributed by atoms with Crippen LogP contribution < -0.4 is 0 Å². The molecule has 0 spiro atoms. The topological polar surface area (TPSA) is 37.3 Å². The third-order valence-electron chi connectivity index (χ3n) is 4.50. The second kappa shape index (κ2) is 3.99. The van der Waals surface area contributed by atoms with Gasteiger partial charge in [-0.25, -0.2) is 0 Å². The van der Waals surface area contributed by atoms with Gasteiger partial charge in [-0.1, -0.05) is 20.8 Å². The SMILES string of the molecule is CC(C)C1CCC(C)C2(O)CCC(=O)C=C12. The molecule has 0 aromatic carbocycles. The summed E-state index contributed by atoms with van der Waals surface area (Å²) >= 11 is 0. The van der Waals surface area contributed by atoms with Crippen molar-refractivity contribution in [2.75, 3.05) is 0 Å². The fraction of sp³-hybridized carbons (Fsp3) is 0.786. The van der Waals surface area contributed by atoms with Crippen molar-refractivity contribution in [1.82, 2.24) is 0 Å². The van der Waals surface area contributed by atoms with Gasteiger partial charge in [-0.15, -0.1) is 0 Å².